The molecule has 1 spiro atoms. The number of rotatable bonds is 3. The van der Waals surface area contributed by atoms with Gasteiger partial charge in [-0.25, -0.2) is 0 Å². The number of benzene rings is 9. The third-order valence-electron chi connectivity index (χ3n) is 13.0. The predicted molar refractivity (Wildman–Crippen MR) is 278 cm³/mol. The van der Waals surface area contributed by atoms with Crippen molar-refractivity contribution in [3.05, 3.63) is 290 Å². The molecule has 0 aliphatic heterocycles. The first-order valence-electron chi connectivity index (χ1n) is 21.8. The molecule has 312 valence electrons. The topological polar surface area (TPSA) is 17.1 Å². The Hall–Kier alpha value is -7.16. The lowest BCUT2D eigenvalue weighted by Gasteiger charge is -2.30. The second kappa shape index (κ2) is 17.3. The van der Waals surface area contributed by atoms with Crippen LogP contribution >= 0.6 is 39.1 Å². The van der Waals surface area contributed by atoms with Crippen LogP contribution in [0.1, 0.15) is 43.7 Å². The van der Waals surface area contributed by atoms with Crippen LogP contribution in [0.25, 0.3) is 61.2 Å². The van der Waals surface area contributed by atoms with Crippen molar-refractivity contribution < 1.29 is 4.79 Å². The number of carbonyl (C=O) groups is 1. The lowest BCUT2D eigenvalue weighted by Crippen LogP contribution is -2.25. The van der Waals surface area contributed by atoms with E-state index in [1.807, 2.05) is 109 Å². The third kappa shape index (κ3) is 7.11. The molecule has 0 fully saturated rings. The van der Waals surface area contributed by atoms with Crippen molar-refractivity contribution in [3.8, 4) is 55.6 Å². The molecule has 0 N–H and O–H groups in total. The van der Waals surface area contributed by atoms with Gasteiger partial charge in [0.05, 0.1) is 23.1 Å². The number of ketones is 1. The van der Waals surface area contributed by atoms with Gasteiger partial charge in [0.25, 0.3) is 0 Å². The molecule has 0 saturated heterocycles. The average Bonchev–Trinajstić information content (AvgIpc) is 3.95. The van der Waals surface area contributed by atoms with Crippen LogP contribution in [0.15, 0.2) is 235 Å². The van der Waals surface area contributed by atoms with Crippen LogP contribution in [-0.4, -0.2) is 5.78 Å². The molecule has 9 aromatic carbocycles. The van der Waals surface area contributed by atoms with Gasteiger partial charge in [-0.3, -0.25) is 4.79 Å². The van der Waals surface area contributed by atoms with E-state index in [0.717, 1.165) is 47.9 Å². The molecular weight excluding hydrogens is 911 g/mol. The van der Waals surface area contributed by atoms with E-state index in [4.69, 9.17) is 23.2 Å². The van der Waals surface area contributed by atoms with Crippen LogP contribution in [0.4, 0.5) is 0 Å². The highest BCUT2D eigenvalue weighted by atomic mass is 79.9. The molecule has 1 nitrogen and oxygen atoms in total. The van der Waals surface area contributed by atoms with Gasteiger partial charge in [0, 0.05) is 37.3 Å². The summed E-state index contributed by atoms with van der Waals surface area (Å²) < 4.78 is 1.10. The number of halogens is 3. The minimum Gasteiger partial charge on any atom is -0.289 e. The number of fused-ring (bicyclic) bond motifs is 13. The zero-order valence-electron chi connectivity index (χ0n) is 35.5. The first kappa shape index (κ1) is 41.5. The van der Waals surface area contributed by atoms with Crippen LogP contribution in [0.5, 0.6) is 0 Å². The Bertz CT molecular complexity index is 3460. The highest BCUT2D eigenvalue weighted by molar-refractivity contribution is 9.10. The molecule has 4 heteroatoms. The van der Waals surface area contributed by atoms with E-state index in [2.05, 4.69) is 143 Å². The van der Waals surface area contributed by atoms with Gasteiger partial charge in [-0.2, -0.15) is 0 Å². The zero-order valence-corrected chi connectivity index (χ0v) is 38.6. The summed E-state index contributed by atoms with van der Waals surface area (Å²) >= 11 is 16.0. The molecule has 0 amide bonds. The summed E-state index contributed by atoms with van der Waals surface area (Å²) in [5, 5.41) is 1.54. The Morgan fingerprint density at radius 2 is 0.909 bits per heavy atom. The summed E-state index contributed by atoms with van der Waals surface area (Å²) in [7, 11) is 0. The fraction of sp³-hybridized carbons (Fsp3) is 0.0161. The molecule has 0 heterocycles. The lowest BCUT2D eigenvalue weighted by molar-refractivity contribution is 0.104. The SMILES string of the molecule is Clc1ccc(-c2ccccc2Br)cc1.Clc1ccc2c(c1)C1(c3ccccc3-2)c2ccccc2-c2ccc(-c3ccccc3)cc21.O=C1c2ccccc2-c2ccc(C3=CC=[C+]C=C3)cc21. The van der Waals surface area contributed by atoms with Gasteiger partial charge in [0.2, 0.25) is 0 Å². The normalized spacial score (nSPS) is 14.8. The van der Waals surface area contributed by atoms with Gasteiger partial charge in [-0.15, -0.1) is 0 Å². The summed E-state index contributed by atoms with van der Waals surface area (Å²) in [6.45, 7) is 0. The summed E-state index contributed by atoms with van der Waals surface area (Å²) in [6, 6.07) is 71.6. The first-order valence-corrected chi connectivity index (χ1v) is 23.4. The molecule has 13 rings (SSSR count). The van der Waals surface area contributed by atoms with Crippen LogP contribution in [-0.2, 0) is 5.41 Å². The molecule has 9 aromatic rings. The molecule has 1 atom stereocenters. The van der Waals surface area contributed by atoms with Crippen LogP contribution in [0, 0.1) is 6.08 Å². The molecule has 0 bridgehead atoms. The van der Waals surface area contributed by atoms with Gasteiger partial charge in [-0.05, 0) is 120 Å². The third-order valence-corrected chi connectivity index (χ3v) is 14.1. The predicted octanol–water partition coefficient (Wildman–Crippen LogP) is 17.3. The average molecular weight is 950 g/mol. The highest BCUT2D eigenvalue weighted by Gasteiger charge is 2.51. The lowest BCUT2D eigenvalue weighted by atomic mass is 9.70. The molecule has 66 heavy (non-hydrogen) atoms. The van der Waals surface area contributed by atoms with Gasteiger partial charge < -0.3 is 0 Å². The Morgan fingerprint density at radius 3 is 1.59 bits per heavy atom. The first-order chi connectivity index (χ1) is 32.4. The van der Waals surface area contributed by atoms with Crippen molar-refractivity contribution >= 4 is 50.5 Å². The van der Waals surface area contributed by atoms with Gasteiger partial charge in [0.1, 0.15) is 12.2 Å². The minimum atomic E-state index is -0.354. The minimum absolute atomic E-state index is 0.125. The quantitative estimate of drug-likeness (QED) is 0.161. The molecule has 4 aliphatic rings. The van der Waals surface area contributed by atoms with Crippen LogP contribution < -0.4 is 0 Å². The zero-order chi connectivity index (χ0) is 44.8. The Labute approximate surface area is 403 Å². The number of hydrogen-bond acceptors (Lipinski definition) is 1. The van der Waals surface area contributed by atoms with E-state index in [-0.39, 0.29) is 11.2 Å². The summed E-state index contributed by atoms with van der Waals surface area (Å²) in [5.41, 5.74) is 20.8. The van der Waals surface area contributed by atoms with Gasteiger partial charge in [0.15, 0.2) is 5.78 Å². The number of allylic oxidation sites excluding steroid dienone is 6. The second-order valence-electron chi connectivity index (χ2n) is 16.6. The molecule has 0 radical (unpaired) electrons. The molecule has 0 aromatic heterocycles. The maximum absolute atomic E-state index is 12.5. The standard InChI is InChI=1S/C31H19Cl.C19H11O.C12H8BrCl/c32-22-15-17-26-24-11-5-7-13-28(24)31(30(26)19-22)27-12-6-4-10-23(27)25-16-14-21(18-29(25)31)20-8-2-1-3-9-20;20-19-17-9-5-4-8-15(17)16-11-10-14(12-18(16)19)13-6-2-1-3-7-13;13-12-4-2-1-3-11(12)9-5-7-10(14)8-6-9/h1-19H;2-12H;1-8H/q;+1;. The Balaban J connectivity index is 0.000000121. The monoisotopic (exact) mass is 947 g/mol. The molecule has 1 unspecified atom stereocenters. The summed E-state index contributed by atoms with van der Waals surface area (Å²) in [5.74, 6) is 0.125. The van der Waals surface area contributed by atoms with E-state index in [1.165, 1.54) is 66.8 Å². The van der Waals surface area contributed by atoms with Crippen LogP contribution in [0.2, 0.25) is 10.0 Å². The van der Waals surface area contributed by atoms with Crippen LogP contribution in [0.3, 0.4) is 0 Å². The van der Waals surface area contributed by atoms with E-state index in [9.17, 15) is 4.79 Å². The largest absolute Gasteiger partial charge is 0.289 e. The summed E-state index contributed by atoms with van der Waals surface area (Å²) in [4.78, 5) is 12.5. The van der Waals surface area contributed by atoms with Crippen molar-refractivity contribution in [2.45, 2.75) is 5.41 Å². The van der Waals surface area contributed by atoms with Gasteiger partial charge in [-0.1, -0.05) is 203 Å². The Morgan fingerprint density at radius 1 is 0.394 bits per heavy atom. The molecule has 0 saturated carbocycles. The Kier molecular flexibility index (Phi) is 10.9. The van der Waals surface area contributed by atoms with E-state index >= 15 is 0 Å². The van der Waals surface area contributed by atoms with E-state index in [1.54, 1.807) is 0 Å². The molecular formula is C62H38BrCl2O+. The number of carbonyl (C=O) groups excluding carboxylic acids is 1. The van der Waals surface area contributed by atoms with E-state index in [0.29, 0.717) is 0 Å². The van der Waals surface area contributed by atoms with Crippen molar-refractivity contribution in [2.75, 3.05) is 0 Å². The van der Waals surface area contributed by atoms with Crippen molar-refractivity contribution in [2.24, 2.45) is 0 Å². The maximum atomic E-state index is 12.5. The van der Waals surface area contributed by atoms with E-state index < -0.39 is 0 Å². The number of hydrogen-bond donors (Lipinski definition) is 0. The van der Waals surface area contributed by atoms with Gasteiger partial charge >= 0.3 is 0 Å². The van der Waals surface area contributed by atoms with Crippen molar-refractivity contribution in [3.63, 3.8) is 0 Å². The summed E-state index contributed by atoms with van der Waals surface area (Å²) in [6.07, 6.45) is 10.8. The second-order valence-corrected chi connectivity index (χ2v) is 18.3. The smallest absolute Gasteiger partial charge is 0.194 e. The molecule has 4 aliphatic carbocycles. The van der Waals surface area contributed by atoms with Crippen molar-refractivity contribution in [1.82, 2.24) is 0 Å². The fourth-order valence-corrected chi connectivity index (χ4v) is 10.8. The maximum Gasteiger partial charge on any atom is 0.194 e. The fourth-order valence-electron chi connectivity index (χ4n) is 10.0. The van der Waals surface area contributed by atoms with Crippen molar-refractivity contribution in [1.29, 1.82) is 0 Å². The highest BCUT2D eigenvalue weighted by Crippen LogP contribution is 2.63.